The van der Waals surface area contributed by atoms with Gasteiger partial charge in [0.2, 0.25) is 5.91 Å². The van der Waals surface area contributed by atoms with Crippen molar-refractivity contribution in [2.45, 2.75) is 20.4 Å². The van der Waals surface area contributed by atoms with E-state index in [1.165, 1.54) is 0 Å². The third kappa shape index (κ3) is 4.16. The Hall–Kier alpha value is -2.14. The van der Waals surface area contributed by atoms with Gasteiger partial charge in [-0.25, -0.2) is 4.98 Å². The molecule has 0 saturated heterocycles. The molecule has 0 radical (unpaired) electrons. The van der Waals surface area contributed by atoms with Gasteiger partial charge in [0, 0.05) is 31.2 Å². The van der Waals surface area contributed by atoms with Crippen LogP contribution in [0.25, 0.3) is 0 Å². The molecule has 0 aliphatic carbocycles. The molecule has 0 saturated carbocycles. The van der Waals surface area contributed by atoms with Gasteiger partial charge < -0.3 is 15.6 Å². The van der Waals surface area contributed by atoms with E-state index in [2.05, 4.69) is 10.3 Å². The zero-order chi connectivity index (χ0) is 15.2. The van der Waals surface area contributed by atoms with Crippen molar-refractivity contribution < 1.29 is 4.79 Å². The Morgan fingerprint density at radius 1 is 1.43 bits per heavy atom. The molecule has 1 atom stereocenters. The summed E-state index contributed by atoms with van der Waals surface area (Å²) < 4.78 is 1.98. The Balaban J connectivity index is 2.05. The number of benzene rings is 1. The predicted octanol–water partition coefficient (Wildman–Crippen LogP) is 2.10. The number of hydrogen-bond donors (Lipinski definition) is 2. The molecule has 1 aromatic heterocycles. The van der Waals surface area contributed by atoms with Crippen LogP contribution in [0.2, 0.25) is 0 Å². The molecular formula is C16H22N4O. The van der Waals surface area contributed by atoms with E-state index in [1.54, 1.807) is 12.5 Å². The monoisotopic (exact) mass is 286 g/mol. The van der Waals surface area contributed by atoms with E-state index in [9.17, 15) is 4.79 Å². The molecule has 0 spiro atoms. The standard InChI is InChI=1S/C16H22N4O/c1-12(2)15(9-17)16(21)19-14-5-3-4-13(8-14)10-20-7-6-18-11-20/h3-8,11-12,15H,9-10,17H2,1-2H3,(H,19,21). The minimum Gasteiger partial charge on any atom is -0.333 e. The lowest BCUT2D eigenvalue weighted by Gasteiger charge is -2.18. The lowest BCUT2D eigenvalue weighted by atomic mass is 9.95. The number of nitrogens with one attached hydrogen (secondary N) is 1. The van der Waals surface area contributed by atoms with Crippen molar-refractivity contribution in [3.63, 3.8) is 0 Å². The Kier molecular flexibility index (Phi) is 5.11. The fourth-order valence-corrected chi connectivity index (χ4v) is 2.26. The second-order valence-corrected chi connectivity index (χ2v) is 5.51. The van der Waals surface area contributed by atoms with Gasteiger partial charge in [-0.2, -0.15) is 0 Å². The zero-order valence-corrected chi connectivity index (χ0v) is 12.5. The van der Waals surface area contributed by atoms with Crippen molar-refractivity contribution in [1.29, 1.82) is 0 Å². The van der Waals surface area contributed by atoms with Crippen LogP contribution in [0, 0.1) is 11.8 Å². The third-order valence-corrected chi connectivity index (χ3v) is 3.51. The van der Waals surface area contributed by atoms with Gasteiger partial charge in [0.15, 0.2) is 0 Å². The van der Waals surface area contributed by atoms with Crippen molar-refractivity contribution in [1.82, 2.24) is 9.55 Å². The highest BCUT2D eigenvalue weighted by molar-refractivity contribution is 5.92. The highest BCUT2D eigenvalue weighted by atomic mass is 16.1. The summed E-state index contributed by atoms with van der Waals surface area (Å²) in [6.07, 6.45) is 5.43. The second kappa shape index (κ2) is 7.04. The minimum absolute atomic E-state index is 0.0210. The average Bonchev–Trinajstić information content (AvgIpc) is 2.92. The molecule has 3 N–H and O–H groups in total. The van der Waals surface area contributed by atoms with Gasteiger partial charge in [-0.05, 0) is 23.6 Å². The summed E-state index contributed by atoms with van der Waals surface area (Å²) in [5.41, 5.74) is 7.59. The molecule has 0 bridgehead atoms. The first-order chi connectivity index (χ1) is 10.1. The number of aromatic nitrogens is 2. The van der Waals surface area contributed by atoms with E-state index < -0.39 is 0 Å². The normalized spacial score (nSPS) is 12.4. The number of anilines is 1. The fourth-order valence-electron chi connectivity index (χ4n) is 2.26. The Labute approximate surface area is 125 Å². The second-order valence-electron chi connectivity index (χ2n) is 5.51. The predicted molar refractivity (Wildman–Crippen MR) is 83.8 cm³/mol. The number of nitrogens with zero attached hydrogens (tertiary/aromatic N) is 2. The number of rotatable bonds is 6. The van der Waals surface area contributed by atoms with Crippen LogP contribution < -0.4 is 11.1 Å². The number of carbonyl (C=O) groups is 1. The summed E-state index contributed by atoms with van der Waals surface area (Å²) in [5, 5.41) is 2.95. The van der Waals surface area contributed by atoms with E-state index >= 15 is 0 Å². The van der Waals surface area contributed by atoms with Gasteiger partial charge in [0.05, 0.1) is 12.2 Å². The van der Waals surface area contributed by atoms with E-state index in [4.69, 9.17) is 5.73 Å². The van der Waals surface area contributed by atoms with Gasteiger partial charge in [-0.3, -0.25) is 4.79 Å². The summed E-state index contributed by atoms with van der Waals surface area (Å²) in [6.45, 7) is 5.10. The van der Waals surface area contributed by atoms with Crippen LogP contribution in [0.5, 0.6) is 0 Å². The van der Waals surface area contributed by atoms with Crippen LogP contribution in [0.15, 0.2) is 43.0 Å². The van der Waals surface area contributed by atoms with Gasteiger partial charge >= 0.3 is 0 Å². The van der Waals surface area contributed by atoms with Gasteiger partial charge in [-0.15, -0.1) is 0 Å². The topological polar surface area (TPSA) is 72.9 Å². The van der Waals surface area contributed by atoms with Crippen molar-refractivity contribution >= 4 is 11.6 Å². The maximum atomic E-state index is 12.2. The zero-order valence-electron chi connectivity index (χ0n) is 12.5. The van der Waals surface area contributed by atoms with Crippen LogP contribution in [-0.4, -0.2) is 22.0 Å². The van der Waals surface area contributed by atoms with Crippen molar-refractivity contribution in [3.8, 4) is 0 Å². The van der Waals surface area contributed by atoms with Crippen LogP contribution >= 0.6 is 0 Å². The molecule has 2 aromatic rings. The van der Waals surface area contributed by atoms with Gasteiger partial charge in [0.25, 0.3) is 0 Å². The molecule has 1 heterocycles. The lowest BCUT2D eigenvalue weighted by molar-refractivity contribution is -0.120. The maximum Gasteiger partial charge on any atom is 0.229 e. The summed E-state index contributed by atoms with van der Waals surface area (Å²) in [7, 11) is 0. The molecule has 5 nitrogen and oxygen atoms in total. The number of imidazole rings is 1. The molecule has 0 fully saturated rings. The van der Waals surface area contributed by atoms with Gasteiger partial charge in [0.1, 0.15) is 0 Å². The maximum absolute atomic E-state index is 12.2. The molecule has 1 unspecified atom stereocenters. The van der Waals surface area contributed by atoms with Crippen LogP contribution in [0.3, 0.4) is 0 Å². The first kappa shape index (κ1) is 15.3. The Bertz CT molecular complexity index is 578. The smallest absolute Gasteiger partial charge is 0.229 e. The van der Waals surface area contributed by atoms with Crippen molar-refractivity contribution in [2.24, 2.45) is 17.6 Å². The van der Waals surface area contributed by atoms with E-state index in [1.807, 2.05) is 48.9 Å². The van der Waals surface area contributed by atoms with Crippen LogP contribution in [0.1, 0.15) is 19.4 Å². The SMILES string of the molecule is CC(C)C(CN)C(=O)Nc1cccc(Cn2ccnc2)c1. The quantitative estimate of drug-likeness (QED) is 0.854. The van der Waals surface area contributed by atoms with Crippen molar-refractivity contribution in [3.05, 3.63) is 48.5 Å². The summed E-state index contributed by atoms with van der Waals surface area (Å²) in [4.78, 5) is 16.2. The highest BCUT2D eigenvalue weighted by Gasteiger charge is 2.20. The number of hydrogen-bond acceptors (Lipinski definition) is 3. The number of carbonyl (C=O) groups excluding carboxylic acids is 1. The largest absolute Gasteiger partial charge is 0.333 e. The molecule has 1 aromatic carbocycles. The summed E-state index contributed by atoms with van der Waals surface area (Å²) in [5.74, 6) is 0.0405. The van der Waals surface area contributed by atoms with E-state index in [0.717, 1.165) is 17.8 Å². The molecular weight excluding hydrogens is 264 g/mol. The Morgan fingerprint density at radius 3 is 2.86 bits per heavy atom. The van der Waals surface area contributed by atoms with E-state index in [0.29, 0.717) is 6.54 Å². The third-order valence-electron chi connectivity index (χ3n) is 3.51. The van der Waals surface area contributed by atoms with Crippen molar-refractivity contribution in [2.75, 3.05) is 11.9 Å². The molecule has 5 heteroatoms. The first-order valence-electron chi connectivity index (χ1n) is 7.15. The molecule has 2 rings (SSSR count). The molecule has 21 heavy (non-hydrogen) atoms. The van der Waals surface area contributed by atoms with Crippen LogP contribution in [0.4, 0.5) is 5.69 Å². The lowest BCUT2D eigenvalue weighted by Crippen LogP contribution is -2.33. The van der Waals surface area contributed by atoms with Gasteiger partial charge in [-0.1, -0.05) is 26.0 Å². The Morgan fingerprint density at radius 2 is 2.24 bits per heavy atom. The number of nitrogens with two attached hydrogens (primary N) is 1. The fraction of sp³-hybridized carbons (Fsp3) is 0.375. The molecule has 0 aliphatic rings. The average molecular weight is 286 g/mol. The summed E-state index contributed by atoms with van der Waals surface area (Å²) >= 11 is 0. The first-order valence-corrected chi connectivity index (χ1v) is 7.15. The number of amides is 1. The highest BCUT2D eigenvalue weighted by Crippen LogP contribution is 2.16. The van der Waals surface area contributed by atoms with E-state index in [-0.39, 0.29) is 17.7 Å². The minimum atomic E-state index is -0.165. The molecule has 1 amide bonds. The van der Waals surface area contributed by atoms with Crippen LogP contribution in [-0.2, 0) is 11.3 Å². The summed E-state index contributed by atoms with van der Waals surface area (Å²) in [6, 6.07) is 7.84. The molecule has 0 aliphatic heterocycles. The molecule has 112 valence electrons.